The van der Waals surface area contributed by atoms with E-state index in [1.165, 1.54) is 0 Å². The molecule has 0 fully saturated rings. The van der Waals surface area contributed by atoms with Crippen molar-refractivity contribution in [2.75, 3.05) is 11.9 Å². The molecule has 0 aromatic carbocycles. The summed E-state index contributed by atoms with van der Waals surface area (Å²) in [5, 5.41) is 3.25. The summed E-state index contributed by atoms with van der Waals surface area (Å²) in [6.07, 6.45) is 0. The van der Waals surface area contributed by atoms with Gasteiger partial charge in [0.2, 0.25) is 0 Å². The fourth-order valence-corrected chi connectivity index (χ4v) is 1.14. The van der Waals surface area contributed by atoms with Crippen LogP contribution in [0.3, 0.4) is 0 Å². The lowest BCUT2D eigenvalue weighted by atomic mass is 9.97. The first-order valence-electron chi connectivity index (χ1n) is 4.89. The molecule has 0 aliphatic rings. The van der Waals surface area contributed by atoms with Crippen molar-refractivity contribution in [1.29, 1.82) is 0 Å². The van der Waals surface area contributed by atoms with Crippen LogP contribution in [0.15, 0.2) is 18.2 Å². The Kier molecular flexibility index (Phi) is 3.63. The smallest absolute Gasteiger partial charge is 0.126 e. The molecular formula is C11H17N3S. The van der Waals surface area contributed by atoms with Crippen LogP contribution in [-0.4, -0.2) is 16.5 Å². The fourth-order valence-electron chi connectivity index (χ4n) is 1.03. The minimum Gasteiger partial charge on any atom is -0.388 e. The zero-order valence-electron chi connectivity index (χ0n) is 9.37. The van der Waals surface area contributed by atoms with E-state index in [4.69, 9.17) is 18.0 Å². The normalized spacial score (nSPS) is 11.1. The van der Waals surface area contributed by atoms with E-state index in [0.29, 0.717) is 10.7 Å². The maximum Gasteiger partial charge on any atom is 0.126 e. The van der Waals surface area contributed by atoms with Crippen molar-refractivity contribution >= 4 is 23.0 Å². The lowest BCUT2D eigenvalue weighted by molar-refractivity contribution is 0.442. The highest BCUT2D eigenvalue weighted by Crippen LogP contribution is 2.14. The number of nitrogens with two attached hydrogens (primary N) is 1. The molecule has 0 radical (unpaired) electrons. The number of thiocarbonyl (C=S) groups is 1. The Morgan fingerprint density at radius 3 is 2.67 bits per heavy atom. The molecule has 0 saturated heterocycles. The molecule has 0 bridgehead atoms. The SMILES string of the molecule is CC(C)(C)CNc1cccc(C(N)=S)n1. The van der Waals surface area contributed by atoms with Gasteiger partial charge in [0.25, 0.3) is 0 Å². The first-order valence-corrected chi connectivity index (χ1v) is 5.30. The van der Waals surface area contributed by atoms with Crippen molar-refractivity contribution in [1.82, 2.24) is 4.98 Å². The van der Waals surface area contributed by atoms with E-state index in [2.05, 4.69) is 31.1 Å². The van der Waals surface area contributed by atoms with Gasteiger partial charge in [0.1, 0.15) is 10.8 Å². The van der Waals surface area contributed by atoms with Crippen LogP contribution < -0.4 is 11.1 Å². The first-order chi connectivity index (χ1) is 6.88. The average Bonchev–Trinajstić information content (AvgIpc) is 2.14. The van der Waals surface area contributed by atoms with Gasteiger partial charge < -0.3 is 11.1 Å². The summed E-state index contributed by atoms with van der Waals surface area (Å²) in [5.74, 6) is 0.815. The lowest BCUT2D eigenvalue weighted by Gasteiger charge is -2.19. The van der Waals surface area contributed by atoms with Crippen molar-refractivity contribution in [3.05, 3.63) is 23.9 Å². The predicted octanol–water partition coefficient (Wildman–Crippen LogP) is 2.17. The second kappa shape index (κ2) is 4.57. The Morgan fingerprint density at radius 2 is 2.13 bits per heavy atom. The molecular weight excluding hydrogens is 206 g/mol. The summed E-state index contributed by atoms with van der Waals surface area (Å²) in [7, 11) is 0. The summed E-state index contributed by atoms with van der Waals surface area (Å²) >= 11 is 4.87. The number of anilines is 1. The number of rotatable bonds is 3. The zero-order valence-corrected chi connectivity index (χ0v) is 10.2. The summed E-state index contributed by atoms with van der Waals surface area (Å²) in [6.45, 7) is 7.35. The van der Waals surface area contributed by atoms with Crippen LogP contribution in [-0.2, 0) is 0 Å². The van der Waals surface area contributed by atoms with Gasteiger partial charge >= 0.3 is 0 Å². The molecule has 0 unspecified atom stereocenters. The molecule has 82 valence electrons. The second-order valence-corrected chi connectivity index (χ2v) is 5.13. The van der Waals surface area contributed by atoms with Gasteiger partial charge in [-0.3, -0.25) is 0 Å². The molecule has 1 rings (SSSR count). The van der Waals surface area contributed by atoms with Crippen LogP contribution >= 0.6 is 12.2 Å². The van der Waals surface area contributed by atoms with Crippen molar-refractivity contribution in [2.45, 2.75) is 20.8 Å². The van der Waals surface area contributed by atoms with E-state index in [1.807, 2.05) is 18.2 Å². The van der Waals surface area contributed by atoms with Crippen LogP contribution in [0, 0.1) is 5.41 Å². The molecule has 1 aromatic rings. The van der Waals surface area contributed by atoms with E-state index >= 15 is 0 Å². The van der Waals surface area contributed by atoms with Crippen LogP contribution in [0.5, 0.6) is 0 Å². The highest BCUT2D eigenvalue weighted by molar-refractivity contribution is 7.80. The maximum absolute atomic E-state index is 5.51. The molecule has 0 atom stereocenters. The maximum atomic E-state index is 5.51. The number of nitrogens with zero attached hydrogens (tertiary/aromatic N) is 1. The third-order valence-electron chi connectivity index (χ3n) is 1.80. The molecule has 0 aliphatic carbocycles. The van der Waals surface area contributed by atoms with E-state index in [1.54, 1.807) is 0 Å². The number of nitrogens with one attached hydrogen (secondary N) is 1. The van der Waals surface area contributed by atoms with Crippen molar-refractivity contribution in [3.63, 3.8) is 0 Å². The van der Waals surface area contributed by atoms with Crippen LogP contribution in [0.2, 0.25) is 0 Å². The Balaban J connectivity index is 2.70. The highest BCUT2D eigenvalue weighted by Gasteiger charge is 2.09. The van der Waals surface area contributed by atoms with E-state index in [-0.39, 0.29) is 5.41 Å². The van der Waals surface area contributed by atoms with Gasteiger partial charge in [0.05, 0.1) is 5.69 Å². The zero-order chi connectivity index (χ0) is 11.5. The standard InChI is InChI=1S/C11H17N3S/c1-11(2,3)7-13-9-6-4-5-8(14-9)10(12)15/h4-6H,7H2,1-3H3,(H2,12,15)(H,13,14). The van der Waals surface area contributed by atoms with Crippen LogP contribution in [0.25, 0.3) is 0 Å². The molecule has 1 aromatic heterocycles. The van der Waals surface area contributed by atoms with Gasteiger partial charge in [-0.15, -0.1) is 0 Å². The third-order valence-corrected chi connectivity index (χ3v) is 2.01. The van der Waals surface area contributed by atoms with E-state index in [0.717, 1.165) is 12.4 Å². The molecule has 3 nitrogen and oxygen atoms in total. The minimum absolute atomic E-state index is 0.223. The predicted molar refractivity (Wildman–Crippen MR) is 68.1 cm³/mol. The second-order valence-electron chi connectivity index (χ2n) is 4.69. The van der Waals surface area contributed by atoms with E-state index < -0.39 is 0 Å². The molecule has 3 N–H and O–H groups in total. The minimum atomic E-state index is 0.223. The van der Waals surface area contributed by atoms with Gasteiger partial charge in [-0.25, -0.2) is 4.98 Å². The first kappa shape index (κ1) is 11.9. The molecule has 1 heterocycles. The molecule has 0 aliphatic heterocycles. The lowest BCUT2D eigenvalue weighted by Crippen LogP contribution is -2.20. The number of hydrogen-bond donors (Lipinski definition) is 2. The summed E-state index contributed by atoms with van der Waals surface area (Å²) in [6, 6.07) is 5.62. The Morgan fingerprint density at radius 1 is 1.47 bits per heavy atom. The van der Waals surface area contributed by atoms with Crippen LogP contribution in [0.1, 0.15) is 26.5 Å². The largest absolute Gasteiger partial charge is 0.388 e. The van der Waals surface area contributed by atoms with Gasteiger partial charge in [-0.05, 0) is 17.5 Å². The summed E-state index contributed by atoms with van der Waals surface area (Å²) in [4.78, 5) is 4.63. The van der Waals surface area contributed by atoms with Crippen LogP contribution in [0.4, 0.5) is 5.82 Å². The highest BCUT2D eigenvalue weighted by atomic mass is 32.1. The molecule has 0 amide bonds. The molecule has 0 saturated carbocycles. The number of pyridine rings is 1. The third kappa shape index (κ3) is 4.25. The quantitative estimate of drug-likeness (QED) is 0.771. The molecule has 4 heteroatoms. The van der Waals surface area contributed by atoms with Crippen molar-refractivity contribution in [2.24, 2.45) is 11.1 Å². The van der Waals surface area contributed by atoms with Crippen molar-refractivity contribution < 1.29 is 0 Å². The Bertz CT molecular complexity index is 355. The summed E-state index contributed by atoms with van der Waals surface area (Å²) < 4.78 is 0. The van der Waals surface area contributed by atoms with Crippen molar-refractivity contribution in [3.8, 4) is 0 Å². The van der Waals surface area contributed by atoms with Gasteiger partial charge in [-0.2, -0.15) is 0 Å². The molecule has 0 spiro atoms. The Labute approximate surface area is 96.1 Å². The fraction of sp³-hybridized carbons (Fsp3) is 0.455. The number of hydrogen-bond acceptors (Lipinski definition) is 3. The average molecular weight is 223 g/mol. The summed E-state index contributed by atoms with van der Waals surface area (Å²) in [5.41, 5.74) is 6.39. The van der Waals surface area contributed by atoms with Gasteiger partial charge in [-0.1, -0.05) is 39.1 Å². The topological polar surface area (TPSA) is 50.9 Å². The molecule has 15 heavy (non-hydrogen) atoms. The number of aromatic nitrogens is 1. The Hall–Kier alpha value is -1.16. The van der Waals surface area contributed by atoms with Gasteiger partial charge in [0.15, 0.2) is 0 Å². The van der Waals surface area contributed by atoms with Gasteiger partial charge in [0, 0.05) is 6.54 Å². The monoisotopic (exact) mass is 223 g/mol. The van der Waals surface area contributed by atoms with E-state index in [9.17, 15) is 0 Å².